The fourth-order valence-corrected chi connectivity index (χ4v) is 2.57. The number of nitrogens with zero attached hydrogens (tertiary/aromatic N) is 1. The number of hydrogen-bond donors (Lipinski definition) is 0. The number of allylic oxidation sites excluding steroid dienone is 2. The Hall–Kier alpha value is -0.440. The standard InChI is InChI=1S/C11H19NOS/c1-3-4-5-6-7-10(2)11-8-9-12-14(11)13/h8-10H,3-7H2,1-2H3. The van der Waals surface area contributed by atoms with Crippen LogP contribution in [0.1, 0.15) is 46.0 Å². The van der Waals surface area contributed by atoms with Gasteiger partial charge in [-0.15, -0.1) is 0 Å². The van der Waals surface area contributed by atoms with Crippen LogP contribution in [0.4, 0.5) is 0 Å². The molecule has 1 rings (SSSR count). The first-order valence-electron chi connectivity index (χ1n) is 5.41. The lowest BCUT2D eigenvalue weighted by Crippen LogP contribution is -2.01. The van der Waals surface area contributed by atoms with Gasteiger partial charge in [0.2, 0.25) is 0 Å². The van der Waals surface area contributed by atoms with Gasteiger partial charge < -0.3 is 0 Å². The molecular formula is C11H19NOS. The molecule has 1 aliphatic heterocycles. The van der Waals surface area contributed by atoms with Crippen LogP contribution in [0, 0.1) is 5.92 Å². The van der Waals surface area contributed by atoms with Crippen LogP contribution in [0.25, 0.3) is 0 Å². The molecule has 2 atom stereocenters. The predicted molar refractivity (Wildman–Crippen MR) is 62.6 cm³/mol. The second kappa shape index (κ2) is 6.12. The molecule has 2 nitrogen and oxygen atoms in total. The molecule has 3 heteroatoms. The van der Waals surface area contributed by atoms with E-state index < -0.39 is 11.0 Å². The molecule has 0 amide bonds. The molecule has 1 heterocycles. The van der Waals surface area contributed by atoms with Gasteiger partial charge in [0.25, 0.3) is 0 Å². The molecule has 0 aromatic rings. The van der Waals surface area contributed by atoms with Gasteiger partial charge in [-0.25, -0.2) is 4.21 Å². The second-order valence-corrected chi connectivity index (χ2v) is 5.00. The highest BCUT2D eigenvalue weighted by Gasteiger charge is 2.16. The van der Waals surface area contributed by atoms with Crippen molar-refractivity contribution < 1.29 is 4.21 Å². The SMILES string of the molecule is CCCCCCC(C)C1=CC=NS1=O. The van der Waals surface area contributed by atoms with Crippen molar-refractivity contribution in [3.63, 3.8) is 0 Å². The van der Waals surface area contributed by atoms with E-state index in [9.17, 15) is 4.21 Å². The summed E-state index contributed by atoms with van der Waals surface area (Å²) in [5.74, 6) is 0.426. The molecule has 2 unspecified atom stereocenters. The van der Waals surface area contributed by atoms with Crippen LogP contribution in [-0.2, 0) is 11.0 Å². The lowest BCUT2D eigenvalue weighted by molar-refractivity contribution is 0.554. The fraction of sp³-hybridized carbons (Fsp3) is 0.727. The highest BCUT2D eigenvalue weighted by molar-refractivity contribution is 7.88. The van der Waals surface area contributed by atoms with Gasteiger partial charge >= 0.3 is 0 Å². The number of hydrogen-bond acceptors (Lipinski definition) is 1. The van der Waals surface area contributed by atoms with Crippen LogP contribution in [-0.4, -0.2) is 10.4 Å². The minimum atomic E-state index is -1.07. The Kier molecular flexibility index (Phi) is 5.09. The molecule has 0 aliphatic carbocycles. The Balaban J connectivity index is 2.22. The summed E-state index contributed by atoms with van der Waals surface area (Å²) in [7, 11) is -1.07. The van der Waals surface area contributed by atoms with E-state index in [1.165, 1.54) is 25.7 Å². The molecule has 1 aliphatic rings. The quantitative estimate of drug-likeness (QED) is 0.623. The van der Waals surface area contributed by atoms with Gasteiger partial charge in [-0.1, -0.05) is 39.5 Å². The molecule has 0 saturated carbocycles. The van der Waals surface area contributed by atoms with Crippen LogP contribution in [0.2, 0.25) is 0 Å². The van der Waals surface area contributed by atoms with E-state index in [0.29, 0.717) is 5.92 Å². The van der Waals surface area contributed by atoms with Gasteiger partial charge in [-0.05, 0) is 18.4 Å². The summed E-state index contributed by atoms with van der Waals surface area (Å²) >= 11 is 0. The topological polar surface area (TPSA) is 29.4 Å². The monoisotopic (exact) mass is 213 g/mol. The average molecular weight is 213 g/mol. The highest BCUT2D eigenvalue weighted by atomic mass is 32.2. The molecule has 14 heavy (non-hydrogen) atoms. The van der Waals surface area contributed by atoms with E-state index in [2.05, 4.69) is 18.2 Å². The number of unbranched alkanes of at least 4 members (excludes halogenated alkanes) is 3. The third kappa shape index (κ3) is 3.37. The van der Waals surface area contributed by atoms with Crippen molar-refractivity contribution in [1.82, 2.24) is 0 Å². The van der Waals surface area contributed by atoms with Crippen molar-refractivity contribution in [2.75, 3.05) is 0 Å². The summed E-state index contributed by atoms with van der Waals surface area (Å²) in [6.07, 6.45) is 9.82. The predicted octanol–water partition coefficient (Wildman–Crippen LogP) is 3.22. The maximum atomic E-state index is 11.3. The minimum Gasteiger partial charge on any atom is -0.230 e. The molecule has 0 bridgehead atoms. The van der Waals surface area contributed by atoms with Crippen molar-refractivity contribution in [2.45, 2.75) is 46.0 Å². The molecule has 0 N–H and O–H groups in total. The van der Waals surface area contributed by atoms with Crippen molar-refractivity contribution >= 4 is 17.2 Å². The summed E-state index contributed by atoms with van der Waals surface area (Å²) in [4.78, 5) is 1.00. The normalized spacial score (nSPS) is 22.4. The molecule has 0 saturated heterocycles. The van der Waals surface area contributed by atoms with Gasteiger partial charge in [0, 0.05) is 11.1 Å². The summed E-state index contributed by atoms with van der Waals surface area (Å²) in [6.45, 7) is 4.36. The van der Waals surface area contributed by atoms with E-state index in [4.69, 9.17) is 0 Å². The zero-order valence-corrected chi connectivity index (χ0v) is 9.85. The van der Waals surface area contributed by atoms with Gasteiger partial charge in [0.15, 0.2) is 11.0 Å². The van der Waals surface area contributed by atoms with Crippen LogP contribution in [0.5, 0.6) is 0 Å². The number of rotatable bonds is 6. The highest BCUT2D eigenvalue weighted by Crippen LogP contribution is 2.23. The first kappa shape index (κ1) is 11.6. The molecule has 0 fully saturated rings. The van der Waals surface area contributed by atoms with E-state index in [-0.39, 0.29) is 0 Å². The van der Waals surface area contributed by atoms with Crippen LogP contribution in [0.3, 0.4) is 0 Å². The van der Waals surface area contributed by atoms with Gasteiger partial charge in [0.05, 0.1) is 0 Å². The van der Waals surface area contributed by atoms with Crippen LogP contribution < -0.4 is 0 Å². The first-order valence-corrected chi connectivity index (χ1v) is 6.52. The summed E-state index contributed by atoms with van der Waals surface area (Å²) in [5.41, 5.74) is 0. The molecule has 0 aromatic heterocycles. The second-order valence-electron chi connectivity index (χ2n) is 3.82. The minimum absolute atomic E-state index is 0.426. The Morgan fingerprint density at radius 1 is 1.43 bits per heavy atom. The van der Waals surface area contributed by atoms with E-state index in [0.717, 1.165) is 11.3 Å². The third-order valence-corrected chi connectivity index (χ3v) is 3.83. The van der Waals surface area contributed by atoms with Crippen molar-refractivity contribution in [1.29, 1.82) is 0 Å². The third-order valence-electron chi connectivity index (χ3n) is 2.57. The fourth-order valence-electron chi connectivity index (χ4n) is 1.63. The van der Waals surface area contributed by atoms with Gasteiger partial charge in [-0.3, -0.25) is 0 Å². The summed E-state index contributed by atoms with van der Waals surface area (Å²) in [6, 6.07) is 0. The van der Waals surface area contributed by atoms with E-state index >= 15 is 0 Å². The Morgan fingerprint density at radius 3 is 2.79 bits per heavy atom. The average Bonchev–Trinajstić information content (AvgIpc) is 2.59. The Labute approximate surface area is 89.1 Å². The van der Waals surface area contributed by atoms with Gasteiger partial charge in [0.1, 0.15) is 0 Å². The van der Waals surface area contributed by atoms with Crippen LogP contribution in [0.15, 0.2) is 15.4 Å². The van der Waals surface area contributed by atoms with Gasteiger partial charge in [-0.2, -0.15) is 4.40 Å². The largest absolute Gasteiger partial charge is 0.230 e. The molecule has 0 aromatic carbocycles. The smallest absolute Gasteiger partial charge is 0.168 e. The molecule has 0 radical (unpaired) electrons. The Morgan fingerprint density at radius 2 is 2.21 bits per heavy atom. The molecule has 80 valence electrons. The maximum Gasteiger partial charge on any atom is 0.168 e. The lowest BCUT2D eigenvalue weighted by Gasteiger charge is -2.10. The van der Waals surface area contributed by atoms with Crippen molar-refractivity contribution in [2.24, 2.45) is 10.3 Å². The van der Waals surface area contributed by atoms with Crippen molar-refractivity contribution in [3.8, 4) is 0 Å². The summed E-state index contributed by atoms with van der Waals surface area (Å²) in [5, 5.41) is 0. The van der Waals surface area contributed by atoms with Crippen LogP contribution >= 0.6 is 0 Å². The molecule has 0 spiro atoms. The first-order chi connectivity index (χ1) is 6.75. The van der Waals surface area contributed by atoms with E-state index in [1.807, 2.05) is 6.08 Å². The Bertz CT molecular complexity index is 258. The summed E-state index contributed by atoms with van der Waals surface area (Å²) < 4.78 is 15.2. The molecular weight excluding hydrogens is 194 g/mol. The zero-order valence-electron chi connectivity index (χ0n) is 9.03. The van der Waals surface area contributed by atoms with E-state index in [1.54, 1.807) is 6.21 Å². The lowest BCUT2D eigenvalue weighted by atomic mass is 10.0. The van der Waals surface area contributed by atoms with Crippen molar-refractivity contribution in [3.05, 3.63) is 11.0 Å². The zero-order chi connectivity index (χ0) is 10.4. The maximum absolute atomic E-state index is 11.3.